The first-order valence-corrected chi connectivity index (χ1v) is 20.3. The van der Waals surface area contributed by atoms with Gasteiger partial charge in [-0.1, -0.05) is 71.8 Å². The zero-order valence-corrected chi connectivity index (χ0v) is 29.6. The van der Waals surface area contributed by atoms with Crippen molar-refractivity contribution < 1.29 is 29.4 Å². The third-order valence-electron chi connectivity index (χ3n) is 12.7. The number of carbonyl (C=O) groups excluding carboxylic acids is 4. The first kappa shape index (κ1) is 30.1. The van der Waals surface area contributed by atoms with Crippen LogP contribution in [-0.4, -0.2) is 112 Å². The van der Waals surface area contributed by atoms with E-state index < -0.39 is 66.7 Å². The Morgan fingerprint density at radius 1 is 0.625 bits per heavy atom. The second-order valence-electron chi connectivity index (χ2n) is 13.8. The highest BCUT2D eigenvalue weighted by Crippen LogP contribution is 2.78. The lowest BCUT2D eigenvalue weighted by atomic mass is 9.52. The van der Waals surface area contributed by atoms with Gasteiger partial charge < -0.3 is 30.6 Å². The van der Waals surface area contributed by atoms with Gasteiger partial charge in [-0.05, 0) is 57.7 Å². The summed E-state index contributed by atoms with van der Waals surface area (Å²) in [5.74, 6) is -1.40. The molecule has 0 saturated carbocycles. The molecule has 10 heterocycles. The van der Waals surface area contributed by atoms with Crippen LogP contribution < -0.4 is 10.6 Å². The zero-order valence-electron chi connectivity index (χ0n) is 26.3. The molecule has 2 spiro atoms. The lowest BCUT2D eigenvalue weighted by molar-refractivity contribution is -0.167. The van der Waals surface area contributed by atoms with Crippen LogP contribution in [0.4, 0.5) is 11.4 Å². The second-order valence-corrected chi connectivity index (χ2v) is 19.1. The summed E-state index contributed by atoms with van der Waals surface area (Å²) < 4.78 is 0. The summed E-state index contributed by atoms with van der Waals surface area (Å²) >= 11 is 0. The van der Waals surface area contributed by atoms with E-state index in [2.05, 4.69) is 10.6 Å². The van der Waals surface area contributed by atoms with Crippen LogP contribution >= 0.6 is 43.2 Å². The van der Waals surface area contributed by atoms with Crippen LogP contribution in [0.5, 0.6) is 0 Å². The molecule has 0 radical (unpaired) electrons. The number of amides is 4. The highest BCUT2D eigenvalue weighted by molar-refractivity contribution is 8.78. The monoisotopic (exact) mass is 724 g/mol. The summed E-state index contributed by atoms with van der Waals surface area (Å²) in [5, 5.41) is 33.9. The van der Waals surface area contributed by atoms with Gasteiger partial charge >= 0.3 is 0 Å². The van der Waals surface area contributed by atoms with E-state index in [1.165, 1.54) is 53.0 Å². The number of rotatable bonds is 3. The van der Waals surface area contributed by atoms with E-state index in [0.717, 1.165) is 0 Å². The highest BCUT2D eigenvalue weighted by atomic mass is 33.1. The molecule has 250 valence electrons. The van der Waals surface area contributed by atoms with E-state index >= 15 is 0 Å². The third-order valence-corrected chi connectivity index (χ3v) is 20.3. The molecule has 0 aromatic heterocycles. The van der Waals surface area contributed by atoms with Crippen molar-refractivity contribution in [2.75, 3.05) is 24.7 Å². The molecule has 12 nitrogen and oxygen atoms in total. The zero-order chi connectivity index (χ0) is 33.6. The predicted octanol–water partition coefficient (Wildman–Crippen LogP) is 2.11. The number of benzene rings is 2. The van der Waals surface area contributed by atoms with Crippen molar-refractivity contribution in [1.29, 1.82) is 0 Å². The summed E-state index contributed by atoms with van der Waals surface area (Å²) in [6, 6.07) is 14.9. The second kappa shape index (κ2) is 8.75. The van der Waals surface area contributed by atoms with Crippen molar-refractivity contribution in [2.45, 2.75) is 81.5 Å². The lowest BCUT2D eigenvalue weighted by Crippen LogP contribution is -2.78. The molecule has 2 aromatic carbocycles. The number of nitrogens with one attached hydrogen (secondary N) is 2. The summed E-state index contributed by atoms with van der Waals surface area (Å²) in [4.78, 5) is 59.4. The number of fused-ring (bicyclic) bond motifs is 11. The Morgan fingerprint density at radius 3 is 1.38 bits per heavy atom. The molecule has 4 N–H and O–H groups in total. The van der Waals surface area contributed by atoms with Crippen molar-refractivity contribution >= 4 is 78.2 Å². The van der Waals surface area contributed by atoms with Gasteiger partial charge in [0.25, 0.3) is 23.6 Å². The molecule has 0 aliphatic carbocycles. The van der Waals surface area contributed by atoms with E-state index in [-0.39, 0.29) is 11.8 Å². The van der Waals surface area contributed by atoms with Crippen molar-refractivity contribution in [1.82, 2.24) is 19.6 Å². The number of aliphatic hydroxyl groups excluding tert-OH is 2. The van der Waals surface area contributed by atoms with Crippen LogP contribution in [0.2, 0.25) is 0 Å². The minimum Gasteiger partial charge on any atom is -0.388 e. The summed E-state index contributed by atoms with van der Waals surface area (Å²) in [6.07, 6.45) is -4.51. The number of anilines is 2. The van der Waals surface area contributed by atoms with Gasteiger partial charge in [0.2, 0.25) is 9.74 Å². The van der Waals surface area contributed by atoms with Crippen LogP contribution in [0.3, 0.4) is 0 Å². The van der Waals surface area contributed by atoms with Gasteiger partial charge in [-0.2, -0.15) is 0 Å². The first-order chi connectivity index (χ1) is 23.0. The Bertz CT molecular complexity index is 1800. The highest BCUT2D eigenvalue weighted by Gasteiger charge is 2.93. The first-order valence-electron chi connectivity index (χ1n) is 16.0. The van der Waals surface area contributed by atoms with Gasteiger partial charge in [0.05, 0.1) is 10.8 Å². The van der Waals surface area contributed by atoms with E-state index in [1.807, 2.05) is 62.4 Å². The van der Waals surface area contributed by atoms with Crippen molar-refractivity contribution in [3.63, 3.8) is 0 Å². The fourth-order valence-corrected chi connectivity index (χ4v) is 18.4. The van der Waals surface area contributed by atoms with Crippen LogP contribution in [0, 0.1) is 0 Å². The topological polar surface area (TPSA) is 146 Å². The largest absolute Gasteiger partial charge is 0.388 e. The van der Waals surface area contributed by atoms with Gasteiger partial charge in [-0.25, -0.2) is 0 Å². The van der Waals surface area contributed by atoms with Crippen molar-refractivity contribution in [3.05, 3.63) is 59.7 Å². The van der Waals surface area contributed by atoms with Crippen molar-refractivity contribution in [2.24, 2.45) is 0 Å². The third kappa shape index (κ3) is 2.48. The minimum atomic E-state index is -1.76. The van der Waals surface area contributed by atoms with Gasteiger partial charge in [0, 0.05) is 25.5 Å². The molecule has 8 saturated heterocycles. The van der Waals surface area contributed by atoms with Gasteiger partial charge in [-0.3, -0.25) is 29.0 Å². The Morgan fingerprint density at radius 2 is 1.00 bits per heavy atom. The fraction of sp³-hybridized carbons (Fsp3) is 0.500. The maximum absolute atomic E-state index is 14.9. The number of hydrogen-bond donors (Lipinski definition) is 4. The fourth-order valence-electron chi connectivity index (χ4n) is 10.5. The number of para-hydroxylation sites is 2. The van der Waals surface area contributed by atoms with E-state index in [0.29, 0.717) is 35.3 Å². The SMILES string of the molecule is CCC12SS[C@]3(C(=O)N1C)[C@@H](O)[C@]1([C@@]45c6ccccc6N[C@@H]4N4C(=O)[C@@]6(CC)SS[C@@]4(C(=O)N6C)[C@H]5O)c4ccccc4N[C@@H]1N3C2=O. The van der Waals surface area contributed by atoms with E-state index in [1.54, 1.807) is 23.9 Å². The molecular weight excluding hydrogens is 693 g/mol. The molecule has 10 atom stereocenters. The molecule has 1 unspecified atom stereocenters. The van der Waals surface area contributed by atoms with Gasteiger partial charge in [0.15, 0.2) is 9.74 Å². The number of nitrogens with zero attached hydrogens (tertiary/aromatic N) is 4. The Balaban J connectivity index is 1.34. The Labute approximate surface area is 291 Å². The molecule has 4 amide bonds. The summed E-state index contributed by atoms with van der Waals surface area (Å²) in [5.41, 5.74) is -0.748. The molecule has 12 rings (SSSR count). The number of piperazine rings is 2. The lowest BCUT2D eigenvalue weighted by Gasteiger charge is -2.59. The molecule has 48 heavy (non-hydrogen) atoms. The van der Waals surface area contributed by atoms with Gasteiger partial charge in [0.1, 0.15) is 24.5 Å². The smallest absolute Gasteiger partial charge is 0.264 e. The summed E-state index contributed by atoms with van der Waals surface area (Å²) in [7, 11) is 8.20. The molecular formula is C32H32N6O6S4. The minimum absolute atomic E-state index is 0.305. The number of hydrogen-bond acceptors (Lipinski definition) is 12. The molecule has 10 aliphatic heterocycles. The maximum Gasteiger partial charge on any atom is 0.264 e. The van der Waals surface area contributed by atoms with Gasteiger partial charge in [-0.15, -0.1) is 0 Å². The molecule has 8 fully saturated rings. The van der Waals surface area contributed by atoms with Crippen LogP contribution in [0.15, 0.2) is 48.5 Å². The Hall–Kier alpha value is -2.76. The maximum atomic E-state index is 14.9. The normalized spacial score (nSPS) is 45.5. The number of carbonyl (C=O) groups is 4. The Kier molecular flexibility index (Phi) is 5.48. The quantitative estimate of drug-likeness (QED) is 0.344. The van der Waals surface area contributed by atoms with E-state index in [9.17, 15) is 29.4 Å². The van der Waals surface area contributed by atoms with Crippen molar-refractivity contribution in [3.8, 4) is 0 Å². The van der Waals surface area contributed by atoms with Crippen LogP contribution in [-0.2, 0) is 30.0 Å². The standard InChI is InChI=1S/C32H32N6O6S4/c1-5-27-23(41)37-21-29(15-11-7-9-13-17(15)33-21,19(39)31(37,47-45-27)25(43)35(27)3)30-16-12-8-10-14-18(16)34-22(30)38-24(42)28(6-2)36(4)26(44)32(38,20(30)40)48-46-28/h7-14,19-22,33-34,39-40H,5-6H2,1-4H3/t19-,20-,21+,22+,27+,28?,29+,30+,31+,32-/m0/s1. The number of aliphatic hydroxyl groups is 2. The van der Waals surface area contributed by atoms with Crippen LogP contribution in [0.25, 0.3) is 0 Å². The number of likely N-dealkylation sites (N-methyl/N-ethyl adjacent to an activating group) is 2. The molecule has 16 heteroatoms. The predicted molar refractivity (Wildman–Crippen MR) is 184 cm³/mol. The molecule has 10 aliphatic rings. The van der Waals surface area contributed by atoms with E-state index in [4.69, 9.17) is 0 Å². The van der Waals surface area contributed by atoms with Crippen LogP contribution in [0.1, 0.15) is 37.8 Å². The molecule has 4 bridgehead atoms. The average Bonchev–Trinajstić information content (AvgIpc) is 3.75. The average molecular weight is 725 g/mol. The molecule has 2 aromatic rings. The summed E-state index contributed by atoms with van der Waals surface area (Å²) in [6.45, 7) is 3.74.